The zero-order chi connectivity index (χ0) is 29.7. The number of ether oxygens (including phenoxy) is 3. The van der Waals surface area contributed by atoms with Crippen molar-refractivity contribution in [3.05, 3.63) is 48.2 Å². The van der Waals surface area contributed by atoms with Crippen molar-refractivity contribution in [3.63, 3.8) is 0 Å². The Balaban J connectivity index is 1.29. The average molecular weight is 604 g/mol. The summed E-state index contributed by atoms with van der Waals surface area (Å²) in [5.74, 6) is 6.48. The van der Waals surface area contributed by atoms with E-state index in [1.54, 1.807) is 31.4 Å². The predicted molar refractivity (Wildman–Crippen MR) is 156 cm³/mol. The molecule has 0 amide bonds. The first-order valence-electron chi connectivity index (χ1n) is 13.5. The number of alkyl halides is 3. The van der Waals surface area contributed by atoms with Gasteiger partial charge in [0, 0.05) is 41.6 Å². The molecule has 3 heterocycles. The van der Waals surface area contributed by atoms with Crippen molar-refractivity contribution in [2.24, 2.45) is 5.14 Å². The minimum absolute atomic E-state index is 0.151. The predicted octanol–water partition coefficient (Wildman–Crippen LogP) is 5.05. The summed E-state index contributed by atoms with van der Waals surface area (Å²) in [6, 6.07) is 12.6. The van der Waals surface area contributed by atoms with Gasteiger partial charge in [-0.15, -0.1) is 0 Å². The summed E-state index contributed by atoms with van der Waals surface area (Å²) < 4.78 is 57.4. The second kappa shape index (κ2) is 13.1. The number of carbonyl (C=O) groups excluding carboxylic acids is 1. The van der Waals surface area contributed by atoms with Gasteiger partial charge in [0.05, 0.1) is 30.6 Å². The van der Waals surface area contributed by atoms with Crippen molar-refractivity contribution in [3.8, 4) is 17.6 Å². The number of fused-ring (bicyclic) bond motifs is 1. The van der Waals surface area contributed by atoms with Gasteiger partial charge in [-0.25, -0.2) is 4.79 Å². The molecule has 2 aliphatic rings. The van der Waals surface area contributed by atoms with E-state index in [0.717, 1.165) is 48.5 Å². The van der Waals surface area contributed by atoms with Crippen LogP contribution in [0, 0.1) is 11.8 Å². The summed E-state index contributed by atoms with van der Waals surface area (Å²) in [4.78, 5) is 14.2. The van der Waals surface area contributed by atoms with E-state index < -0.39 is 18.9 Å². The van der Waals surface area contributed by atoms with Crippen molar-refractivity contribution < 1.29 is 32.2 Å². The lowest BCUT2D eigenvalue weighted by Crippen LogP contribution is -2.43. The van der Waals surface area contributed by atoms with E-state index in [1.807, 2.05) is 18.2 Å². The smallest absolute Gasteiger partial charge is 0.495 e. The number of aromatic nitrogens is 1. The maximum absolute atomic E-state index is 13.6. The number of cyclic esters (lactones) is 2. The van der Waals surface area contributed by atoms with Gasteiger partial charge in [-0.1, -0.05) is 12.0 Å². The highest BCUT2D eigenvalue weighted by molar-refractivity contribution is 7.97. The van der Waals surface area contributed by atoms with E-state index in [2.05, 4.69) is 27.4 Å². The summed E-state index contributed by atoms with van der Waals surface area (Å²) in [6.07, 6.45) is -3.61. The van der Waals surface area contributed by atoms with Crippen molar-refractivity contribution in [2.45, 2.75) is 42.6 Å². The van der Waals surface area contributed by atoms with Gasteiger partial charge in [-0.2, -0.15) is 13.2 Å². The van der Waals surface area contributed by atoms with E-state index in [9.17, 15) is 18.0 Å². The Morgan fingerprint density at radius 3 is 2.67 bits per heavy atom. The van der Waals surface area contributed by atoms with Crippen LogP contribution in [-0.4, -0.2) is 73.8 Å². The standard InChI is InChI=1S/C29H32F3N5O4S/c1-39-27-15-22(42-33)7-8-25(27)34-11-3-4-20-14-23-24(5-2-6-26(23)37(20)18-29(30,31)32)35-19-9-12-36(13-10-19)16-21-17-40-28(38)41-21/h2,5-8,14-15,19,21,34-35H,9-13,16-18,33H2,1H3. The second-order valence-corrected chi connectivity index (χ2v) is 10.8. The molecule has 42 heavy (non-hydrogen) atoms. The highest BCUT2D eigenvalue weighted by Crippen LogP contribution is 2.32. The molecule has 13 heteroatoms. The molecule has 1 aromatic heterocycles. The molecule has 5 rings (SSSR count). The van der Waals surface area contributed by atoms with Crippen LogP contribution in [-0.2, 0) is 16.0 Å². The summed E-state index contributed by atoms with van der Waals surface area (Å²) in [6.45, 7) is 1.56. The molecule has 224 valence electrons. The first-order chi connectivity index (χ1) is 20.2. The summed E-state index contributed by atoms with van der Waals surface area (Å²) >= 11 is 1.10. The summed E-state index contributed by atoms with van der Waals surface area (Å²) in [5, 5.41) is 13.0. The number of hydrogen-bond donors (Lipinski definition) is 3. The van der Waals surface area contributed by atoms with Crippen LogP contribution in [0.3, 0.4) is 0 Å². The van der Waals surface area contributed by atoms with Gasteiger partial charge in [0.15, 0.2) is 6.10 Å². The van der Waals surface area contributed by atoms with E-state index in [4.69, 9.17) is 19.3 Å². The number of benzene rings is 2. The molecule has 0 spiro atoms. The SMILES string of the molecule is COc1cc(SN)ccc1NCC#Cc1cc2c(NC3CCN(CC4COC(=O)O4)CC3)cccc2n1CC(F)(F)F. The van der Waals surface area contributed by atoms with E-state index in [-0.39, 0.29) is 31.0 Å². The molecule has 4 N–H and O–H groups in total. The molecule has 9 nitrogen and oxygen atoms in total. The quantitative estimate of drug-likeness (QED) is 0.176. The van der Waals surface area contributed by atoms with E-state index in [0.29, 0.717) is 28.9 Å². The average Bonchev–Trinajstić information content (AvgIpc) is 3.54. The van der Waals surface area contributed by atoms with Crippen molar-refractivity contribution in [1.82, 2.24) is 9.47 Å². The zero-order valence-electron chi connectivity index (χ0n) is 23.0. The third-order valence-corrected chi connectivity index (χ3v) is 7.76. The van der Waals surface area contributed by atoms with Crippen LogP contribution >= 0.6 is 11.9 Å². The molecule has 3 aromatic rings. The molecule has 0 radical (unpaired) electrons. The molecule has 0 aliphatic carbocycles. The molecule has 2 fully saturated rings. The van der Waals surface area contributed by atoms with Gasteiger partial charge in [-0.05, 0) is 67.1 Å². The van der Waals surface area contributed by atoms with Crippen molar-refractivity contribution >= 4 is 40.4 Å². The largest absolute Gasteiger partial charge is 0.508 e. The number of piperidine rings is 1. The Kier molecular flexibility index (Phi) is 9.25. The minimum atomic E-state index is -4.41. The molecular formula is C29H32F3N5O4S. The first-order valence-corrected chi connectivity index (χ1v) is 14.4. The third-order valence-electron chi connectivity index (χ3n) is 7.23. The Morgan fingerprint density at radius 1 is 1.17 bits per heavy atom. The Hall–Kier alpha value is -3.73. The highest BCUT2D eigenvalue weighted by atomic mass is 32.2. The van der Waals surface area contributed by atoms with Crippen LogP contribution in [0.1, 0.15) is 18.5 Å². The Morgan fingerprint density at radius 2 is 1.98 bits per heavy atom. The van der Waals surface area contributed by atoms with Gasteiger partial charge in [0.1, 0.15) is 18.9 Å². The molecule has 2 aliphatic heterocycles. The number of carbonyl (C=O) groups is 1. The first kappa shape index (κ1) is 29.8. The summed E-state index contributed by atoms with van der Waals surface area (Å²) in [5.41, 5.74) is 2.22. The maximum atomic E-state index is 13.6. The van der Waals surface area contributed by atoms with Gasteiger partial charge in [0.2, 0.25) is 0 Å². The third kappa shape index (κ3) is 7.36. The number of halogens is 3. The topological polar surface area (TPSA) is 103 Å². The van der Waals surface area contributed by atoms with E-state index in [1.165, 1.54) is 4.57 Å². The molecule has 2 saturated heterocycles. The van der Waals surface area contributed by atoms with Crippen LogP contribution in [0.4, 0.5) is 29.3 Å². The molecule has 1 atom stereocenters. The van der Waals surface area contributed by atoms with Crippen LogP contribution in [0.25, 0.3) is 10.9 Å². The molecule has 0 bridgehead atoms. The van der Waals surface area contributed by atoms with Crippen LogP contribution in [0.5, 0.6) is 5.75 Å². The molecule has 2 aromatic carbocycles. The number of likely N-dealkylation sites (tertiary alicyclic amines) is 1. The second-order valence-electron chi connectivity index (χ2n) is 10.1. The number of nitrogens with zero attached hydrogens (tertiary/aromatic N) is 2. The Labute approximate surface area is 246 Å². The zero-order valence-corrected chi connectivity index (χ0v) is 23.8. The van der Waals surface area contributed by atoms with E-state index >= 15 is 0 Å². The Bertz CT molecular complexity index is 1480. The minimum Gasteiger partial charge on any atom is -0.495 e. The van der Waals surface area contributed by atoms with Crippen molar-refractivity contribution in [1.29, 1.82) is 0 Å². The van der Waals surface area contributed by atoms with Gasteiger partial charge >= 0.3 is 12.3 Å². The number of rotatable bonds is 9. The lowest BCUT2D eigenvalue weighted by Gasteiger charge is -2.33. The normalized spacial score (nSPS) is 17.8. The van der Waals surface area contributed by atoms with Gasteiger partial charge in [-0.3, -0.25) is 10.0 Å². The number of hydrogen-bond acceptors (Lipinski definition) is 9. The maximum Gasteiger partial charge on any atom is 0.508 e. The number of nitrogens with one attached hydrogen (secondary N) is 2. The molecular weight excluding hydrogens is 571 g/mol. The van der Waals surface area contributed by atoms with Crippen LogP contribution in [0.2, 0.25) is 0 Å². The molecule has 0 saturated carbocycles. The number of anilines is 2. The number of methoxy groups -OCH3 is 1. The van der Waals surface area contributed by atoms with Crippen molar-refractivity contribution in [2.75, 3.05) is 50.5 Å². The lowest BCUT2D eigenvalue weighted by molar-refractivity contribution is -0.140. The monoisotopic (exact) mass is 603 g/mol. The molecule has 1 unspecified atom stereocenters. The van der Waals surface area contributed by atoms with Crippen LogP contribution < -0.4 is 20.5 Å². The summed E-state index contributed by atoms with van der Waals surface area (Å²) in [7, 11) is 1.55. The highest BCUT2D eigenvalue weighted by Gasteiger charge is 2.31. The fourth-order valence-electron chi connectivity index (χ4n) is 5.25. The fraction of sp³-hybridized carbons (Fsp3) is 0.414. The number of nitrogens with two attached hydrogens (primary N) is 1. The lowest BCUT2D eigenvalue weighted by atomic mass is 10.0. The van der Waals surface area contributed by atoms with Crippen LogP contribution in [0.15, 0.2) is 47.4 Å². The van der Waals surface area contributed by atoms with Gasteiger partial charge < -0.3 is 29.4 Å². The fourth-order valence-corrected chi connectivity index (χ4v) is 5.57. The van der Waals surface area contributed by atoms with Gasteiger partial charge in [0.25, 0.3) is 0 Å².